The fraction of sp³-hybridized carbons (Fsp3) is 0.750. The molecule has 0 aromatic carbocycles. The average molecular weight is 334 g/mol. The van der Waals surface area contributed by atoms with Crippen LogP contribution in [0, 0.1) is 5.92 Å². The number of aromatic amines is 1. The van der Waals surface area contributed by atoms with E-state index in [2.05, 4.69) is 25.2 Å². The molecule has 8 nitrogen and oxygen atoms in total. The predicted octanol–water partition coefficient (Wildman–Crippen LogP) is 0.408. The van der Waals surface area contributed by atoms with Crippen molar-refractivity contribution in [3.8, 4) is 0 Å². The Kier molecular flexibility index (Phi) is 5.44. The molecule has 0 bridgehead atoms. The Morgan fingerprint density at radius 1 is 1.21 bits per heavy atom. The Hall–Kier alpha value is -1.96. The maximum absolute atomic E-state index is 12.5. The Balaban J connectivity index is 1.55. The molecule has 4 N–H and O–H groups in total. The number of nitrogens with two attached hydrogens (primary N) is 1. The normalized spacial score (nSPS) is 23.1. The molecule has 1 amide bonds. The minimum Gasteiger partial charge on any atom is -0.368 e. The van der Waals surface area contributed by atoms with Crippen LogP contribution in [0.5, 0.6) is 0 Å². The van der Waals surface area contributed by atoms with Crippen LogP contribution in [0.15, 0.2) is 4.79 Å². The number of nitrogens with one attached hydrogen (secondary N) is 2. The summed E-state index contributed by atoms with van der Waals surface area (Å²) in [6.45, 7) is 2.05. The molecule has 1 aromatic rings. The van der Waals surface area contributed by atoms with Gasteiger partial charge in [-0.25, -0.2) is 4.79 Å². The molecular weight excluding hydrogens is 308 g/mol. The number of anilines is 1. The number of hydrogen-bond acceptors (Lipinski definition) is 6. The monoisotopic (exact) mass is 334 g/mol. The van der Waals surface area contributed by atoms with Gasteiger partial charge in [-0.3, -0.25) is 14.7 Å². The topological polar surface area (TPSA) is 117 Å². The van der Waals surface area contributed by atoms with Crippen LogP contribution in [0.1, 0.15) is 50.8 Å². The van der Waals surface area contributed by atoms with E-state index < -0.39 is 5.69 Å². The van der Waals surface area contributed by atoms with E-state index in [4.69, 9.17) is 5.73 Å². The summed E-state index contributed by atoms with van der Waals surface area (Å²) in [5.74, 6) is 0.659. The minimum absolute atomic E-state index is 0.00610. The van der Waals surface area contributed by atoms with Gasteiger partial charge in [0.2, 0.25) is 11.9 Å². The number of carbonyl (C=O) groups is 1. The molecule has 1 saturated heterocycles. The second-order valence-corrected chi connectivity index (χ2v) is 6.88. The zero-order chi connectivity index (χ0) is 16.9. The van der Waals surface area contributed by atoms with Crippen molar-refractivity contribution in [2.45, 2.75) is 57.5 Å². The summed E-state index contributed by atoms with van der Waals surface area (Å²) in [6, 6.07) is 0.347. The number of aromatic nitrogens is 3. The van der Waals surface area contributed by atoms with Gasteiger partial charge < -0.3 is 11.1 Å². The highest BCUT2D eigenvalue weighted by Gasteiger charge is 2.28. The second kappa shape index (κ2) is 7.74. The van der Waals surface area contributed by atoms with Gasteiger partial charge in [0.25, 0.3) is 0 Å². The van der Waals surface area contributed by atoms with Crippen molar-refractivity contribution < 1.29 is 4.79 Å². The third kappa shape index (κ3) is 4.53. The van der Waals surface area contributed by atoms with E-state index in [0.29, 0.717) is 25.0 Å². The highest BCUT2D eigenvalue weighted by Crippen LogP contribution is 2.21. The Labute approximate surface area is 141 Å². The number of rotatable bonds is 4. The molecule has 1 aliphatic carbocycles. The fourth-order valence-electron chi connectivity index (χ4n) is 3.71. The van der Waals surface area contributed by atoms with Gasteiger partial charge in [-0.2, -0.15) is 9.97 Å². The Bertz CT molecular complexity index is 625. The summed E-state index contributed by atoms with van der Waals surface area (Å²) in [6.07, 6.45) is 7.79. The van der Waals surface area contributed by atoms with Gasteiger partial charge in [0.05, 0.1) is 12.5 Å². The number of hydrogen-bond donors (Lipinski definition) is 3. The molecule has 0 radical (unpaired) electrons. The molecule has 1 unspecified atom stereocenters. The first-order chi connectivity index (χ1) is 11.6. The van der Waals surface area contributed by atoms with Crippen LogP contribution < -0.4 is 16.7 Å². The number of likely N-dealkylation sites (tertiary alicyclic amines) is 1. The van der Waals surface area contributed by atoms with E-state index in [0.717, 1.165) is 32.2 Å². The van der Waals surface area contributed by atoms with Gasteiger partial charge in [-0.15, -0.1) is 0 Å². The van der Waals surface area contributed by atoms with Gasteiger partial charge >= 0.3 is 5.69 Å². The molecule has 0 spiro atoms. The number of H-pyrrole nitrogens is 1. The Morgan fingerprint density at radius 3 is 2.75 bits per heavy atom. The maximum Gasteiger partial charge on any atom is 0.349 e. The third-order valence-electron chi connectivity index (χ3n) is 4.92. The van der Waals surface area contributed by atoms with Gasteiger partial charge in [0.15, 0.2) is 0 Å². The lowest BCUT2D eigenvalue weighted by Gasteiger charge is -2.33. The second-order valence-electron chi connectivity index (χ2n) is 6.88. The van der Waals surface area contributed by atoms with Crippen LogP contribution >= 0.6 is 0 Å². The first-order valence-electron chi connectivity index (χ1n) is 8.85. The highest BCUT2D eigenvalue weighted by molar-refractivity contribution is 5.79. The van der Waals surface area contributed by atoms with Gasteiger partial charge in [-0.05, 0) is 32.2 Å². The van der Waals surface area contributed by atoms with Gasteiger partial charge in [0, 0.05) is 12.6 Å². The molecule has 1 aliphatic heterocycles. The van der Waals surface area contributed by atoms with E-state index in [9.17, 15) is 9.59 Å². The maximum atomic E-state index is 12.5. The van der Waals surface area contributed by atoms with Crippen LogP contribution in [0.3, 0.4) is 0 Å². The van der Waals surface area contributed by atoms with Crippen LogP contribution in [0.4, 0.5) is 5.95 Å². The third-order valence-corrected chi connectivity index (χ3v) is 4.92. The van der Waals surface area contributed by atoms with Crippen molar-refractivity contribution in [3.05, 3.63) is 16.3 Å². The van der Waals surface area contributed by atoms with Crippen LogP contribution in [0.2, 0.25) is 0 Å². The smallest absolute Gasteiger partial charge is 0.349 e. The Morgan fingerprint density at radius 2 is 2.00 bits per heavy atom. The standard InChI is InChI=1S/C16H26N6O2/c17-15-19-13(20-16(24)21-15)10-22-8-4-5-11(9-22)14(23)18-12-6-2-1-3-7-12/h11-12H,1-10H2,(H,18,23)(H3,17,19,20,21,24). The molecular formula is C16H26N6O2. The van der Waals surface area contributed by atoms with Gasteiger partial charge in [-0.1, -0.05) is 19.3 Å². The lowest BCUT2D eigenvalue weighted by atomic mass is 9.93. The van der Waals surface area contributed by atoms with Crippen LogP contribution in [-0.4, -0.2) is 44.9 Å². The molecule has 2 heterocycles. The summed E-state index contributed by atoms with van der Waals surface area (Å²) in [4.78, 5) is 36.2. The zero-order valence-electron chi connectivity index (χ0n) is 14.0. The molecule has 1 saturated carbocycles. The quantitative estimate of drug-likeness (QED) is 0.734. The van der Waals surface area contributed by atoms with Crippen molar-refractivity contribution in [1.29, 1.82) is 0 Å². The van der Waals surface area contributed by atoms with Gasteiger partial charge in [0.1, 0.15) is 5.82 Å². The first kappa shape index (κ1) is 16.9. The number of amides is 1. The molecule has 2 fully saturated rings. The lowest BCUT2D eigenvalue weighted by molar-refractivity contribution is -0.127. The number of carbonyl (C=O) groups excluding carboxylic acids is 1. The molecule has 1 atom stereocenters. The van der Waals surface area contributed by atoms with Crippen molar-refractivity contribution in [1.82, 2.24) is 25.2 Å². The van der Waals surface area contributed by atoms with E-state index in [1.807, 2.05) is 0 Å². The zero-order valence-corrected chi connectivity index (χ0v) is 14.0. The summed E-state index contributed by atoms with van der Waals surface area (Å²) >= 11 is 0. The molecule has 132 valence electrons. The molecule has 8 heteroatoms. The summed E-state index contributed by atoms with van der Waals surface area (Å²) < 4.78 is 0. The van der Waals surface area contributed by atoms with Crippen molar-refractivity contribution in [2.75, 3.05) is 18.8 Å². The summed E-state index contributed by atoms with van der Waals surface area (Å²) in [5.41, 5.74) is 5.03. The molecule has 3 rings (SSSR count). The number of nitrogen functional groups attached to an aromatic ring is 1. The van der Waals surface area contributed by atoms with Crippen LogP contribution in [-0.2, 0) is 11.3 Å². The first-order valence-corrected chi connectivity index (χ1v) is 8.85. The predicted molar refractivity (Wildman–Crippen MR) is 90.1 cm³/mol. The van der Waals surface area contributed by atoms with Crippen molar-refractivity contribution in [3.63, 3.8) is 0 Å². The van der Waals surface area contributed by atoms with E-state index in [1.54, 1.807) is 0 Å². The highest BCUT2D eigenvalue weighted by atomic mass is 16.2. The number of piperidine rings is 1. The van der Waals surface area contributed by atoms with E-state index in [1.165, 1.54) is 19.3 Å². The van der Waals surface area contributed by atoms with Crippen molar-refractivity contribution in [2.24, 2.45) is 5.92 Å². The largest absolute Gasteiger partial charge is 0.368 e. The molecule has 2 aliphatic rings. The fourth-order valence-corrected chi connectivity index (χ4v) is 3.71. The molecule has 24 heavy (non-hydrogen) atoms. The number of nitrogens with zero attached hydrogens (tertiary/aromatic N) is 3. The SMILES string of the molecule is Nc1nc(CN2CCCC(C(=O)NC3CCCCC3)C2)[nH]c(=O)n1. The van der Waals surface area contributed by atoms with Crippen LogP contribution in [0.25, 0.3) is 0 Å². The molecule has 1 aromatic heterocycles. The van der Waals surface area contributed by atoms with Crippen molar-refractivity contribution >= 4 is 11.9 Å². The summed E-state index contributed by atoms with van der Waals surface area (Å²) in [7, 11) is 0. The lowest BCUT2D eigenvalue weighted by Crippen LogP contribution is -2.46. The van der Waals surface area contributed by atoms with E-state index >= 15 is 0 Å². The van der Waals surface area contributed by atoms with E-state index in [-0.39, 0.29) is 17.8 Å². The minimum atomic E-state index is -0.485. The summed E-state index contributed by atoms with van der Waals surface area (Å²) in [5, 5.41) is 3.22. The average Bonchev–Trinajstić information content (AvgIpc) is 2.55.